The van der Waals surface area contributed by atoms with E-state index in [-0.39, 0.29) is 30.8 Å². The van der Waals surface area contributed by atoms with Crippen LogP contribution in [0.25, 0.3) is 0 Å². The molecule has 10 nitrogen and oxygen atoms in total. The average molecular weight is 469 g/mol. The van der Waals surface area contributed by atoms with Crippen LogP contribution in [0, 0.1) is 5.92 Å². The molecule has 0 heterocycles. The predicted octanol–water partition coefficient (Wildman–Crippen LogP) is 2.28. The van der Waals surface area contributed by atoms with Gasteiger partial charge in [-0.2, -0.15) is 0 Å². The molecule has 0 radical (unpaired) electrons. The molecule has 1 unspecified atom stereocenters. The van der Waals surface area contributed by atoms with Crippen LogP contribution in [0.3, 0.4) is 0 Å². The second-order valence-corrected chi connectivity index (χ2v) is 8.09. The zero-order chi connectivity index (χ0) is 24.9. The van der Waals surface area contributed by atoms with Gasteiger partial charge in [-0.15, -0.1) is 0 Å². The summed E-state index contributed by atoms with van der Waals surface area (Å²) in [5.41, 5.74) is 7.38. The molecule has 0 bridgehead atoms. The lowest BCUT2D eigenvalue weighted by Crippen LogP contribution is -2.48. The molecule has 0 aromatic heterocycles. The Bertz CT molecular complexity index is 977. The van der Waals surface area contributed by atoms with Gasteiger partial charge in [0.15, 0.2) is 0 Å². The maximum atomic E-state index is 12.5. The van der Waals surface area contributed by atoms with Crippen LogP contribution in [0.4, 0.5) is 14.4 Å². The van der Waals surface area contributed by atoms with E-state index in [9.17, 15) is 19.5 Å². The summed E-state index contributed by atoms with van der Waals surface area (Å²) < 4.78 is 0. The number of carbonyl (C=O) groups excluding carboxylic acids is 3. The van der Waals surface area contributed by atoms with Crippen molar-refractivity contribution in [2.75, 3.05) is 13.1 Å². The zero-order valence-electron chi connectivity index (χ0n) is 19.4. The van der Waals surface area contributed by atoms with Crippen molar-refractivity contribution in [2.45, 2.75) is 32.9 Å². The molecule has 7 N–H and O–H groups in total. The number of hydrogen-bond acceptors (Lipinski definition) is 4. The van der Waals surface area contributed by atoms with Gasteiger partial charge in [0, 0.05) is 25.2 Å². The smallest absolute Gasteiger partial charge is 0.340 e. The zero-order valence-corrected chi connectivity index (χ0v) is 19.4. The third-order valence-electron chi connectivity index (χ3n) is 4.96. The second-order valence-electron chi connectivity index (χ2n) is 8.09. The van der Waals surface area contributed by atoms with Gasteiger partial charge >= 0.3 is 18.1 Å². The minimum absolute atomic E-state index is 0.0437. The SMILES string of the molecule is CC(C)C(CNC(=O)/N=C(/CNC(=O)NCc1ccccc1)Cc1ccc(O)cc1)NC(N)=O. The summed E-state index contributed by atoms with van der Waals surface area (Å²) in [4.78, 5) is 40.0. The summed E-state index contributed by atoms with van der Waals surface area (Å²) in [6.45, 7) is 4.35. The van der Waals surface area contributed by atoms with E-state index in [0.717, 1.165) is 11.1 Å². The van der Waals surface area contributed by atoms with Crippen LogP contribution in [-0.4, -0.2) is 48.0 Å². The van der Waals surface area contributed by atoms with Gasteiger partial charge in [0.2, 0.25) is 0 Å². The van der Waals surface area contributed by atoms with E-state index in [2.05, 4.69) is 26.3 Å². The van der Waals surface area contributed by atoms with Gasteiger partial charge in [-0.25, -0.2) is 19.4 Å². The van der Waals surface area contributed by atoms with Gasteiger partial charge in [0.25, 0.3) is 0 Å². The maximum absolute atomic E-state index is 12.5. The van der Waals surface area contributed by atoms with Gasteiger partial charge in [0.05, 0.1) is 12.6 Å². The lowest BCUT2D eigenvalue weighted by molar-refractivity contribution is 0.236. The van der Waals surface area contributed by atoms with Crippen LogP contribution < -0.4 is 27.0 Å². The molecule has 2 aromatic rings. The molecule has 0 saturated heterocycles. The minimum atomic E-state index is -0.671. The van der Waals surface area contributed by atoms with Crippen molar-refractivity contribution in [1.29, 1.82) is 0 Å². The summed E-state index contributed by atoms with van der Waals surface area (Å²) in [7, 11) is 0. The Balaban J connectivity index is 2.00. The number of aliphatic imine (C=N–C) groups is 1. The van der Waals surface area contributed by atoms with Gasteiger partial charge in [0.1, 0.15) is 5.75 Å². The van der Waals surface area contributed by atoms with E-state index in [1.165, 1.54) is 12.1 Å². The highest BCUT2D eigenvalue weighted by atomic mass is 16.3. The first-order valence-electron chi connectivity index (χ1n) is 11.0. The van der Waals surface area contributed by atoms with Crippen molar-refractivity contribution in [3.05, 3.63) is 65.7 Å². The number of phenolic OH excluding ortho intramolecular Hbond substituents is 1. The first kappa shape index (κ1) is 26.2. The highest BCUT2D eigenvalue weighted by molar-refractivity contribution is 5.98. The highest BCUT2D eigenvalue weighted by Crippen LogP contribution is 2.10. The Kier molecular flexibility index (Phi) is 10.4. The van der Waals surface area contributed by atoms with E-state index in [0.29, 0.717) is 18.7 Å². The molecule has 10 heteroatoms. The van der Waals surface area contributed by atoms with E-state index in [1.54, 1.807) is 12.1 Å². The fourth-order valence-corrected chi connectivity index (χ4v) is 3.03. The molecule has 0 saturated carbocycles. The van der Waals surface area contributed by atoms with Crippen molar-refractivity contribution in [3.8, 4) is 5.75 Å². The van der Waals surface area contributed by atoms with Gasteiger partial charge < -0.3 is 32.1 Å². The molecule has 2 aromatic carbocycles. The van der Waals surface area contributed by atoms with Crippen LogP contribution in [0.1, 0.15) is 25.0 Å². The molecule has 1 atom stereocenters. The van der Waals surface area contributed by atoms with Crippen LogP contribution in [0.15, 0.2) is 59.6 Å². The number of amides is 6. The third-order valence-corrected chi connectivity index (χ3v) is 4.96. The number of rotatable bonds is 10. The Hall–Kier alpha value is -4.08. The minimum Gasteiger partial charge on any atom is -0.508 e. The fraction of sp³-hybridized carbons (Fsp3) is 0.333. The number of carbonyl (C=O) groups is 3. The molecule has 0 spiro atoms. The summed E-state index contributed by atoms with van der Waals surface area (Å²) in [5.74, 6) is 0.170. The Labute approximate surface area is 199 Å². The van der Waals surface area contributed by atoms with Crippen LogP contribution in [-0.2, 0) is 13.0 Å². The Morgan fingerprint density at radius 2 is 1.62 bits per heavy atom. The van der Waals surface area contributed by atoms with Gasteiger partial charge in [-0.05, 0) is 29.2 Å². The number of hydrogen-bond donors (Lipinski definition) is 6. The quantitative estimate of drug-likeness (QED) is 0.296. The number of nitrogens with one attached hydrogen (secondary N) is 4. The summed E-state index contributed by atoms with van der Waals surface area (Å²) >= 11 is 0. The van der Waals surface area contributed by atoms with E-state index >= 15 is 0 Å². The third kappa shape index (κ3) is 10.0. The number of nitrogens with two attached hydrogens (primary N) is 1. The molecule has 34 heavy (non-hydrogen) atoms. The first-order chi connectivity index (χ1) is 16.2. The average Bonchev–Trinajstić information content (AvgIpc) is 2.80. The summed E-state index contributed by atoms with van der Waals surface area (Å²) in [5, 5.41) is 20.2. The highest BCUT2D eigenvalue weighted by Gasteiger charge is 2.16. The lowest BCUT2D eigenvalue weighted by Gasteiger charge is -2.21. The normalized spacial score (nSPS) is 12.0. The van der Waals surface area contributed by atoms with E-state index < -0.39 is 18.1 Å². The van der Waals surface area contributed by atoms with Crippen molar-refractivity contribution < 1.29 is 19.5 Å². The standard InChI is InChI=1S/C24H32N6O4/c1-16(2)21(30-22(25)32)15-28-24(34)29-19(12-17-8-10-20(31)11-9-17)14-27-23(33)26-13-18-6-4-3-5-7-18/h3-11,16,21,31H,12-15H2,1-2H3,(H,28,34)(H3,25,30,32)(H2,26,27,33)/b29-19+. The Morgan fingerprint density at radius 1 is 0.941 bits per heavy atom. The number of benzene rings is 2. The van der Waals surface area contributed by atoms with Crippen molar-refractivity contribution in [3.63, 3.8) is 0 Å². The molecular formula is C24H32N6O4. The molecule has 0 aliphatic heterocycles. The summed E-state index contributed by atoms with van der Waals surface area (Å²) in [6, 6.07) is 14.0. The monoisotopic (exact) mass is 468 g/mol. The number of urea groups is 3. The lowest BCUT2D eigenvalue weighted by atomic mass is 10.0. The molecule has 0 aliphatic carbocycles. The number of nitrogens with zero attached hydrogens (tertiary/aromatic N) is 1. The van der Waals surface area contributed by atoms with Crippen molar-refractivity contribution >= 4 is 23.8 Å². The Morgan fingerprint density at radius 3 is 2.24 bits per heavy atom. The summed E-state index contributed by atoms with van der Waals surface area (Å²) in [6.07, 6.45) is 0.291. The van der Waals surface area contributed by atoms with Gasteiger partial charge in [-0.1, -0.05) is 56.3 Å². The number of primary amides is 1. The van der Waals surface area contributed by atoms with Crippen molar-refractivity contribution in [2.24, 2.45) is 16.6 Å². The fourth-order valence-electron chi connectivity index (χ4n) is 3.03. The molecule has 0 fully saturated rings. The van der Waals surface area contributed by atoms with Crippen LogP contribution >= 0.6 is 0 Å². The predicted molar refractivity (Wildman–Crippen MR) is 131 cm³/mol. The van der Waals surface area contributed by atoms with Gasteiger partial charge in [-0.3, -0.25) is 0 Å². The maximum Gasteiger partial charge on any atom is 0.340 e. The molecule has 0 aliphatic rings. The molecular weight excluding hydrogens is 436 g/mol. The number of phenols is 1. The topological polar surface area (TPSA) is 158 Å². The van der Waals surface area contributed by atoms with E-state index in [4.69, 9.17) is 5.73 Å². The largest absolute Gasteiger partial charge is 0.508 e. The molecule has 2 rings (SSSR count). The first-order valence-corrected chi connectivity index (χ1v) is 11.0. The molecule has 6 amide bonds. The number of aromatic hydroxyl groups is 1. The van der Waals surface area contributed by atoms with Crippen LogP contribution in [0.2, 0.25) is 0 Å². The van der Waals surface area contributed by atoms with Crippen LogP contribution in [0.5, 0.6) is 5.75 Å². The molecule has 182 valence electrons. The van der Waals surface area contributed by atoms with E-state index in [1.807, 2.05) is 44.2 Å². The van der Waals surface area contributed by atoms with Crippen molar-refractivity contribution in [1.82, 2.24) is 21.3 Å². The second kappa shape index (κ2) is 13.5.